The van der Waals surface area contributed by atoms with Crippen molar-refractivity contribution in [3.8, 4) is 0 Å². The smallest absolute Gasteiger partial charge is 0.411 e. The summed E-state index contributed by atoms with van der Waals surface area (Å²) in [7, 11) is 0. The second-order valence-electron chi connectivity index (χ2n) is 6.73. The maximum absolute atomic E-state index is 12.5. The Bertz CT molecular complexity index is 631. The van der Waals surface area contributed by atoms with Crippen molar-refractivity contribution in [2.75, 3.05) is 13.1 Å². The van der Waals surface area contributed by atoms with Gasteiger partial charge in [-0.15, -0.1) is 0 Å². The minimum atomic E-state index is -0.702. The minimum Gasteiger partial charge on any atom is -0.444 e. The van der Waals surface area contributed by atoms with Crippen molar-refractivity contribution < 1.29 is 14.3 Å². The lowest BCUT2D eigenvalue weighted by Crippen LogP contribution is -2.53. The van der Waals surface area contributed by atoms with Gasteiger partial charge in [-0.25, -0.2) is 4.79 Å². The van der Waals surface area contributed by atoms with Crippen LogP contribution in [0.4, 0.5) is 4.79 Å². The van der Waals surface area contributed by atoms with E-state index < -0.39 is 17.7 Å². The number of rotatable bonds is 2. The highest BCUT2D eigenvalue weighted by Crippen LogP contribution is 2.30. The molecule has 23 heavy (non-hydrogen) atoms. The standard InChI is InChI=1S/C18H24N2O3/c1-12(2)13-8-6-7-9-14(13)15-16(21)19-10-11-20(15)17(22)23-18(3,4)5/h6-9,15H,1,10-11H2,2-5H3,(H,19,21). The van der Waals surface area contributed by atoms with Gasteiger partial charge in [0.05, 0.1) is 0 Å². The molecule has 5 nitrogen and oxygen atoms in total. The molecule has 0 aromatic heterocycles. The number of piperazine rings is 1. The number of nitrogens with zero attached hydrogens (tertiary/aromatic N) is 1. The van der Waals surface area contributed by atoms with Crippen LogP contribution in [0.1, 0.15) is 44.9 Å². The van der Waals surface area contributed by atoms with Crippen molar-refractivity contribution >= 4 is 17.6 Å². The van der Waals surface area contributed by atoms with E-state index in [0.29, 0.717) is 13.1 Å². The molecule has 1 aliphatic rings. The van der Waals surface area contributed by atoms with E-state index in [4.69, 9.17) is 4.74 Å². The first kappa shape index (κ1) is 17.1. The summed E-state index contributed by atoms with van der Waals surface area (Å²) in [5.41, 5.74) is 1.89. The van der Waals surface area contributed by atoms with Crippen molar-refractivity contribution in [1.29, 1.82) is 0 Å². The molecule has 0 aliphatic carbocycles. The lowest BCUT2D eigenvalue weighted by atomic mass is 9.94. The SMILES string of the molecule is C=C(C)c1ccccc1C1C(=O)NCCN1C(=O)OC(C)(C)C. The van der Waals surface area contributed by atoms with Gasteiger partial charge in [-0.3, -0.25) is 9.69 Å². The van der Waals surface area contributed by atoms with Crippen LogP contribution in [0.25, 0.3) is 5.57 Å². The molecule has 0 saturated carbocycles. The van der Waals surface area contributed by atoms with Gasteiger partial charge in [-0.2, -0.15) is 0 Å². The van der Waals surface area contributed by atoms with Gasteiger partial charge in [0.15, 0.2) is 0 Å². The number of hydrogen-bond donors (Lipinski definition) is 1. The summed E-state index contributed by atoms with van der Waals surface area (Å²) in [5.74, 6) is -0.198. The van der Waals surface area contributed by atoms with Crippen molar-refractivity contribution in [2.45, 2.75) is 39.3 Å². The maximum atomic E-state index is 12.5. The van der Waals surface area contributed by atoms with E-state index in [-0.39, 0.29) is 5.91 Å². The molecule has 1 aromatic rings. The fourth-order valence-electron chi connectivity index (χ4n) is 2.62. The number of allylic oxidation sites excluding steroid dienone is 1. The highest BCUT2D eigenvalue weighted by atomic mass is 16.6. The second-order valence-corrected chi connectivity index (χ2v) is 6.73. The Morgan fingerprint density at radius 2 is 2.00 bits per heavy atom. The molecule has 1 atom stereocenters. The Morgan fingerprint density at radius 3 is 2.61 bits per heavy atom. The van der Waals surface area contributed by atoms with E-state index in [1.165, 1.54) is 4.90 Å². The second kappa shape index (κ2) is 6.44. The first-order valence-corrected chi connectivity index (χ1v) is 7.73. The molecule has 0 bridgehead atoms. The summed E-state index contributed by atoms with van der Waals surface area (Å²) in [4.78, 5) is 26.5. The summed E-state index contributed by atoms with van der Waals surface area (Å²) in [6, 6.07) is 6.82. The largest absolute Gasteiger partial charge is 0.444 e. The molecule has 0 spiro atoms. The topological polar surface area (TPSA) is 58.6 Å². The summed E-state index contributed by atoms with van der Waals surface area (Å²) < 4.78 is 5.46. The van der Waals surface area contributed by atoms with Crippen LogP contribution in [-0.4, -0.2) is 35.6 Å². The molecule has 1 saturated heterocycles. The third-order valence-electron chi connectivity index (χ3n) is 3.56. The van der Waals surface area contributed by atoms with E-state index in [0.717, 1.165) is 16.7 Å². The molecule has 5 heteroatoms. The monoisotopic (exact) mass is 316 g/mol. The molecule has 0 radical (unpaired) electrons. The van der Waals surface area contributed by atoms with E-state index in [9.17, 15) is 9.59 Å². The Labute approximate surface area is 137 Å². The van der Waals surface area contributed by atoms with Crippen molar-refractivity contribution in [3.05, 3.63) is 42.0 Å². The number of amides is 2. The lowest BCUT2D eigenvalue weighted by Gasteiger charge is -2.37. The molecule has 1 unspecified atom stereocenters. The fourth-order valence-corrected chi connectivity index (χ4v) is 2.62. The lowest BCUT2D eigenvalue weighted by molar-refractivity contribution is -0.129. The molecule has 2 amide bonds. The number of carbonyl (C=O) groups is 2. The summed E-state index contributed by atoms with van der Waals surface area (Å²) in [5, 5.41) is 2.83. The Balaban J connectivity index is 2.41. The third kappa shape index (κ3) is 3.92. The number of benzene rings is 1. The first-order valence-electron chi connectivity index (χ1n) is 7.73. The summed E-state index contributed by atoms with van der Waals surface area (Å²) in [6.07, 6.45) is -0.478. The minimum absolute atomic E-state index is 0.198. The van der Waals surface area contributed by atoms with E-state index in [1.54, 1.807) is 0 Å². The average Bonchev–Trinajstić information content (AvgIpc) is 2.45. The van der Waals surface area contributed by atoms with Gasteiger partial charge in [0.1, 0.15) is 11.6 Å². The molecule has 1 aliphatic heterocycles. The zero-order valence-electron chi connectivity index (χ0n) is 14.2. The molecule has 1 aromatic carbocycles. The highest BCUT2D eigenvalue weighted by Gasteiger charge is 2.37. The summed E-state index contributed by atoms with van der Waals surface area (Å²) in [6.45, 7) is 12.1. The third-order valence-corrected chi connectivity index (χ3v) is 3.56. The van der Waals surface area contributed by atoms with Crippen molar-refractivity contribution in [1.82, 2.24) is 10.2 Å². The maximum Gasteiger partial charge on any atom is 0.411 e. The van der Waals surface area contributed by atoms with Gasteiger partial charge < -0.3 is 10.1 Å². The molecule has 1 fully saturated rings. The molecular formula is C18H24N2O3. The van der Waals surface area contributed by atoms with Crippen LogP contribution in [-0.2, 0) is 9.53 Å². The summed E-state index contributed by atoms with van der Waals surface area (Å²) >= 11 is 0. The van der Waals surface area contributed by atoms with E-state index in [1.807, 2.05) is 52.0 Å². The average molecular weight is 316 g/mol. The van der Waals surface area contributed by atoms with E-state index in [2.05, 4.69) is 11.9 Å². The normalized spacial score (nSPS) is 18.3. The van der Waals surface area contributed by atoms with Crippen LogP contribution in [0.2, 0.25) is 0 Å². The predicted octanol–water partition coefficient (Wildman–Crippen LogP) is 3.13. The van der Waals surface area contributed by atoms with Crippen molar-refractivity contribution in [3.63, 3.8) is 0 Å². The van der Waals surface area contributed by atoms with Gasteiger partial charge in [0.2, 0.25) is 5.91 Å². The van der Waals surface area contributed by atoms with Gasteiger partial charge in [0.25, 0.3) is 0 Å². The van der Waals surface area contributed by atoms with E-state index >= 15 is 0 Å². The fraction of sp³-hybridized carbons (Fsp3) is 0.444. The molecule has 124 valence electrons. The van der Waals surface area contributed by atoms with Crippen LogP contribution >= 0.6 is 0 Å². The molecule has 1 N–H and O–H groups in total. The van der Waals surface area contributed by atoms with Crippen LogP contribution in [0.15, 0.2) is 30.8 Å². The number of carbonyl (C=O) groups excluding carboxylic acids is 2. The number of nitrogens with one attached hydrogen (secondary N) is 1. The number of ether oxygens (including phenoxy) is 1. The predicted molar refractivity (Wildman–Crippen MR) is 89.8 cm³/mol. The van der Waals surface area contributed by atoms with Gasteiger partial charge >= 0.3 is 6.09 Å². The van der Waals surface area contributed by atoms with Crippen LogP contribution < -0.4 is 5.32 Å². The Hall–Kier alpha value is -2.30. The quantitative estimate of drug-likeness (QED) is 0.912. The zero-order chi connectivity index (χ0) is 17.2. The first-order chi connectivity index (χ1) is 10.7. The number of hydrogen-bond acceptors (Lipinski definition) is 3. The zero-order valence-corrected chi connectivity index (χ0v) is 14.2. The highest BCUT2D eigenvalue weighted by molar-refractivity contribution is 5.89. The van der Waals surface area contributed by atoms with Crippen LogP contribution in [0, 0.1) is 0 Å². The van der Waals surface area contributed by atoms with Gasteiger partial charge in [-0.05, 0) is 38.8 Å². The Morgan fingerprint density at radius 1 is 1.35 bits per heavy atom. The molecular weight excluding hydrogens is 292 g/mol. The van der Waals surface area contributed by atoms with Crippen LogP contribution in [0.5, 0.6) is 0 Å². The molecule has 2 rings (SSSR count). The van der Waals surface area contributed by atoms with Crippen molar-refractivity contribution in [2.24, 2.45) is 0 Å². The Kier molecular flexibility index (Phi) is 4.78. The van der Waals surface area contributed by atoms with Gasteiger partial charge in [-0.1, -0.05) is 36.4 Å². The van der Waals surface area contributed by atoms with Crippen LogP contribution in [0.3, 0.4) is 0 Å². The molecule has 1 heterocycles. The van der Waals surface area contributed by atoms with Gasteiger partial charge in [0, 0.05) is 13.1 Å².